The second-order valence-electron chi connectivity index (χ2n) is 7.50. The van der Waals surface area contributed by atoms with E-state index in [2.05, 4.69) is 64.2 Å². The van der Waals surface area contributed by atoms with E-state index in [4.69, 9.17) is 4.74 Å². The van der Waals surface area contributed by atoms with Gasteiger partial charge in [-0.3, -0.25) is 4.79 Å². The molecule has 1 atom stereocenters. The van der Waals surface area contributed by atoms with Crippen LogP contribution in [0, 0.1) is 20.8 Å². The van der Waals surface area contributed by atoms with Crippen LogP contribution in [0.5, 0.6) is 5.75 Å². The molecule has 0 saturated carbocycles. The predicted octanol–water partition coefficient (Wildman–Crippen LogP) is 5.16. The Labute approximate surface area is 157 Å². The van der Waals surface area contributed by atoms with Gasteiger partial charge in [-0.15, -0.1) is 0 Å². The second-order valence-corrected chi connectivity index (χ2v) is 7.50. The molecule has 1 unspecified atom stereocenters. The molecule has 0 bridgehead atoms. The molecular weight excluding hydrogens is 322 g/mol. The Balaban J connectivity index is 2.17. The zero-order valence-corrected chi connectivity index (χ0v) is 17.1. The van der Waals surface area contributed by atoms with Crippen LogP contribution in [0.4, 0.5) is 0 Å². The Morgan fingerprint density at radius 1 is 1.00 bits per heavy atom. The minimum atomic E-state index is -0.0448. The van der Waals surface area contributed by atoms with Crippen LogP contribution in [0.15, 0.2) is 30.3 Å². The van der Waals surface area contributed by atoms with Gasteiger partial charge in [0.15, 0.2) is 0 Å². The maximum Gasteiger partial charge on any atom is 0.224 e. The summed E-state index contributed by atoms with van der Waals surface area (Å²) in [5.41, 5.74) is 6.90. The fraction of sp³-hybridized carbons (Fsp3) is 0.435. The number of amides is 1. The molecule has 0 aliphatic heterocycles. The van der Waals surface area contributed by atoms with E-state index >= 15 is 0 Å². The number of ether oxygens (including phenoxy) is 1. The van der Waals surface area contributed by atoms with Crippen molar-refractivity contribution < 1.29 is 9.53 Å². The molecule has 3 heteroatoms. The summed E-state index contributed by atoms with van der Waals surface area (Å²) in [6.07, 6.45) is 0.405. The lowest BCUT2D eigenvalue weighted by Crippen LogP contribution is -2.29. The summed E-state index contributed by atoms with van der Waals surface area (Å²) < 4.78 is 5.52. The molecule has 0 aliphatic rings. The molecule has 2 aromatic carbocycles. The van der Waals surface area contributed by atoms with E-state index < -0.39 is 0 Å². The quantitative estimate of drug-likeness (QED) is 0.778. The minimum absolute atomic E-state index is 0.0448. The average Bonchev–Trinajstić information content (AvgIpc) is 2.56. The highest BCUT2D eigenvalue weighted by Gasteiger charge is 2.17. The highest BCUT2D eigenvalue weighted by atomic mass is 16.5. The van der Waals surface area contributed by atoms with Crippen LogP contribution in [0.3, 0.4) is 0 Å². The molecule has 2 aromatic rings. The number of carbonyl (C=O) groups excluding carboxylic acids is 1. The zero-order chi connectivity index (χ0) is 19.4. The van der Waals surface area contributed by atoms with Crippen LogP contribution in [-0.2, 0) is 11.2 Å². The van der Waals surface area contributed by atoms with Crippen LogP contribution < -0.4 is 10.1 Å². The van der Waals surface area contributed by atoms with Crippen LogP contribution >= 0.6 is 0 Å². The molecule has 0 aromatic heterocycles. The molecule has 0 aliphatic carbocycles. The summed E-state index contributed by atoms with van der Waals surface area (Å²) in [7, 11) is 1.70. The molecule has 1 amide bonds. The van der Waals surface area contributed by atoms with Crippen LogP contribution in [0.2, 0.25) is 0 Å². The SMILES string of the molecule is COc1cc(C)c(C(C)NC(=O)Cc2ccc(C)cc2C)cc1C(C)C. The van der Waals surface area contributed by atoms with Crippen molar-refractivity contribution in [1.29, 1.82) is 0 Å². The average molecular weight is 354 g/mol. The third-order valence-corrected chi connectivity index (χ3v) is 4.93. The van der Waals surface area contributed by atoms with Gasteiger partial charge in [-0.25, -0.2) is 0 Å². The number of carbonyl (C=O) groups is 1. The van der Waals surface area contributed by atoms with E-state index in [1.54, 1.807) is 7.11 Å². The van der Waals surface area contributed by atoms with Crippen molar-refractivity contribution in [2.75, 3.05) is 7.11 Å². The molecule has 26 heavy (non-hydrogen) atoms. The lowest BCUT2D eigenvalue weighted by Gasteiger charge is -2.21. The van der Waals surface area contributed by atoms with Gasteiger partial charge in [0, 0.05) is 0 Å². The molecule has 0 spiro atoms. The third-order valence-electron chi connectivity index (χ3n) is 4.93. The Kier molecular flexibility index (Phi) is 6.47. The third kappa shape index (κ3) is 4.66. The van der Waals surface area contributed by atoms with Crippen LogP contribution in [0.25, 0.3) is 0 Å². The summed E-state index contributed by atoms with van der Waals surface area (Å²) in [4.78, 5) is 12.6. The van der Waals surface area contributed by atoms with E-state index in [1.165, 1.54) is 11.1 Å². The zero-order valence-electron chi connectivity index (χ0n) is 17.1. The fourth-order valence-corrected chi connectivity index (χ4v) is 3.40. The lowest BCUT2D eigenvalue weighted by molar-refractivity contribution is -0.121. The van der Waals surface area contributed by atoms with Gasteiger partial charge >= 0.3 is 0 Å². The largest absolute Gasteiger partial charge is 0.496 e. The number of benzene rings is 2. The first kappa shape index (κ1) is 20.0. The number of rotatable bonds is 6. The van der Waals surface area contributed by atoms with Crippen molar-refractivity contribution in [1.82, 2.24) is 5.32 Å². The first-order valence-electron chi connectivity index (χ1n) is 9.26. The molecule has 3 nitrogen and oxygen atoms in total. The standard InChI is InChI=1S/C23H31NO2/c1-14(2)20-13-21(17(5)11-22(20)26-7)18(6)24-23(25)12-19-9-8-15(3)10-16(19)4/h8-11,13-14,18H,12H2,1-7H3,(H,24,25). The van der Waals surface area contributed by atoms with E-state index in [9.17, 15) is 4.79 Å². The Morgan fingerprint density at radius 2 is 1.69 bits per heavy atom. The Hall–Kier alpha value is -2.29. The molecule has 0 radical (unpaired) electrons. The summed E-state index contributed by atoms with van der Waals surface area (Å²) in [6.45, 7) is 12.5. The molecule has 0 saturated heterocycles. The van der Waals surface area contributed by atoms with Crippen molar-refractivity contribution in [2.24, 2.45) is 0 Å². The second kappa shape index (κ2) is 8.39. The monoisotopic (exact) mass is 353 g/mol. The molecule has 0 heterocycles. The molecule has 0 fully saturated rings. The van der Waals surface area contributed by atoms with Gasteiger partial charge in [-0.05, 0) is 73.6 Å². The number of hydrogen-bond acceptors (Lipinski definition) is 2. The summed E-state index contributed by atoms with van der Waals surface area (Å²) >= 11 is 0. The summed E-state index contributed by atoms with van der Waals surface area (Å²) in [5.74, 6) is 1.32. The van der Waals surface area contributed by atoms with Gasteiger partial charge in [-0.1, -0.05) is 37.6 Å². The number of hydrogen-bond donors (Lipinski definition) is 1. The van der Waals surface area contributed by atoms with E-state index in [1.807, 2.05) is 13.0 Å². The van der Waals surface area contributed by atoms with Crippen molar-refractivity contribution in [2.45, 2.75) is 59.9 Å². The minimum Gasteiger partial charge on any atom is -0.496 e. The van der Waals surface area contributed by atoms with Gasteiger partial charge in [0.1, 0.15) is 5.75 Å². The smallest absolute Gasteiger partial charge is 0.224 e. The van der Waals surface area contributed by atoms with Crippen LogP contribution in [-0.4, -0.2) is 13.0 Å². The predicted molar refractivity (Wildman–Crippen MR) is 108 cm³/mol. The van der Waals surface area contributed by atoms with Gasteiger partial charge in [0.25, 0.3) is 0 Å². The molecular formula is C23H31NO2. The normalized spacial score (nSPS) is 12.2. The van der Waals surface area contributed by atoms with E-state index in [0.29, 0.717) is 12.3 Å². The first-order chi connectivity index (χ1) is 12.2. The number of aryl methyl sites for hydroxylation is 3. The fourth-order valence-electron chi connectivity index (χ4n) is 3.40. The van der Waals surface area contributed by atoms with Crippen molar-refractivity contribution in [3.05, 3.63) is 63.7 Å². The van der Waals surface area contributed by atoms with Gasteiger partial charge < -0.3 is 10.1 Å². The van der Waals surface area contributed by atoms with Crippen molar-refractivity contribution in [3.63, 3.8) is 0 Å². The van der Waals surface area contributed by atoms with Crippen molar-refractivity contribution in [3.8, 4) is 5.75 Å². The maximum atomic E-state index is 12.6. The van der Waals surface area contributed by atoms with Gasteiger partial charge in [0.2, 0.25) is 5.91 Å². The van der Waals surface area contributed by atoms with Crippen molar-refractivity contribution >= 4 is 5.91 Å². The van der Waals surface area contributed by atoms with Gasteiger partial charge in [0.05, 0.1) is 19.6 Å². The lowest BCUT2D eigenvalue weighted by atomic mass is 9.93. The maximum absolute atomic E-state index is 12.6. The topological polar surface area (TPSA) is 38.3 Å². The number of methoxy groups -OCH3 is 1. The molecule has 2 rings (SSSR count). The summed E-state index contributed by atoms with van der Waals surface area (Å²) in [5, 5.41) is 3.15. The molecule has 1 N–H and O–H groups in total. The summed E-state index contributed by atoms with van der Waals surface area (Å²) in [6, 6.07) is 10.4. The Morgan fingerprint density at radius 3 is 2.27 bits per heavy atom. The van der Waals surface area contributed by atoms with Crippen LogP contribution in [0.1, 0.15) is 66.1 Å². The number of nitrogens with one attached hydrogen (secondary N) is 1. The highest BCUT2D eigenvalue weighted by molar-refractivity contribution is 5.79. The first-order valence-corrected chi connectivity index (χ1v) is 9.26. The van der Waals surface area contributed by atoms with Gasteiger partial charge in [-0.2, -0.15) is 0 Å². The van der Waals surface area contributed by atoms with E-state index in [-0.39, 0.29) is 11.9 Å². The van der Waals surface area contributed by atoms with E-state index in [0.717, 1.165) is 28.0 Å². The Bertz CT molecular complexity index is 793. The highest BCUT2D eigenvalue weighted by Crippen LogP contribution is 2.32. The molecule has 140 valence electrons.